The van der Waals surface area contributed by atoms with Crippen molar-refractivity contribution in [1.29, 1.82) is 0 Å². The van der Waals surface area contributed by atoms with Crippen molar-refractivity contribution >= 4 is 11.7 Å². The highest BCUT2D eigenvalue weighted by Gasteiger charge is 2.17. The number of anilines is 1. The zero-order chi connectivity index (χ0) is 20.1. The lowest BCUT2D eigenvalue weighted by atomic mass is 10.1. The number of hydrogen-bond donors (Lipinski definition) is 2. The maximum Gasteiger partial charge on any atom is 0.319 e. The Kier molecular flexibility index (Phi) is 5.88. The van der Waals surface area contributed by atoms with Crippen molar-refractivity contribution in [1.82, 2.24) is 25.1 Å². The van der Waals surface area contributed by atoms with Gasteiger partial charge in [0, 0.05) is 23.4 Å². The second-order valence-corrected chi connectivity index (χ2v) is 6.64. The number of hydrogen-bond acceptors (Lipinski definition) is 5. The number of rotatable bonds is 6. The summed E-state index contributed by atoms with van der Waals surface area (Å²) >= 11 is 0. The normalized spacial score (nSPS) is 11.9. The lowest BCUT2D eigenvalue weighted by molar-refractivity contribution is 0.249. The molecule has 0 bridgehead atoms. The van der Waals surface area contributed by atoms with E-state index in [1.807, 2.05) is 41.8 Å². The number of amides is 2. The van der Waals surface area contributed by atoms with E-state index >= 15 is 0 Å². The van der Waals surface area contributed by atoms with Crippen LogP contribution in [0.3, 0.4) is 0 Å². The van der Waals surface area contributed by atoms with E-state index in [0.717, 1.165) is 11.1 Å². The van der Waals surface area contributed by atoms with E-state index in [-0.39, 0.29) is 18.1 Å². The minimum absolute atomic E-state index is 0.200. The van der Waals surface area contributed by atoms with Crippen LogP contribution in [-0.2, 0) is 0 Å². The predicted octanol–water partition coefficient (Wildman–Crippen LogP) is 3.81. The quantitative estimate of drug-likeness (QED) is 0.678. The number of carbonyl (C=O) groups is 1. The highest BCUT2D eigenvalue weighted by atomic mass is 16.5. The van der Waals surface area contributed by atoms with E-state index < -0.39 is 0 Å². The molecule has 146 valence electrons. The van der Waals surface area contributed by atoms with Gasteiger partial charge in [0.05, 0.1) is 25.0 Å². The Balaban J connectivity index is 1.79. The van der Waals surface area contributed by atoms with Gasteiger partial charge in [-0.25, -0.2) is 4.79 Å². The van der Waals surface area contributed by atoms with Crippen LogP contribution in [0, 0.1) is 0 Å². The topological polar surface area (TPSA) is 94.0 Å². The monoisotopic (exact) mass is 380 g/mol. The SMILES string of the molecule is COc1cnccc1[C@@H](C)NC(=O)Nc1ccccc1-c1nncn1C(C)C. The molecule has 3 aromatic rings. The number of nitrogens with one attached hydrogen (secondary N) is 2. The Morgan fingerprint density at radius 1 is 1.18 bits per heavy atom. The summed E-state index contributed by atoms with van der Waals surface area (Å²) in [7, 11) is 1.58. The minimum atomic E-state index is -0.325. The summed E-state index contributed by atoms with van der Waals surface area (Å²) in [5.74, 6) is 1.33. The number of carbonyl (C=O) groups excluding carboxylic acids is 1. The van der Waals surface area contributed by atoms with Gasteiger partial charge in [0.15, 0.2) is 5.82 Å². The summed E-state index contributed by atoms with van der Waals surface area (Å²) in [6, 6.07) is 8.96. The van der Waals surface area contributed by atoms with Gasteiger partial charge in [-0.2, -0.15) is 0 Å². The van der Waals surface area contributed by atoms with E-state index in [1.54, 1.807) is 25.8 Å². The zero-order valence-electron chi connectivity index (χ0n) is 16.4. The van der Waals surface area contributed by atoms with E-state index in [1.165, 1.54) is 0 Å². The molecule has 0 aliphatic heterocycles. The summed E-state index contributed by atoms with van der Waals surface area (Å²) in [6.07, 6.45) is 4.98. The van der Waals surface area contributed by atoms with E-state index in [4.69, 9.17) is 4.74 Å². The summed E-state index contributed by atoms with van der Waals surface area (Å²) in [5, 5.41) is 14.1. The first-order valence-corrected chi connectivity index (χ1v) is 9.05. The van der Waals surface area contributed by atoms with Gasteiger partial charge in [-0.15, -0.1) is 10.2 Å². The van der Waals surface area contributed by atoms with E-state index in [2.05, 4.69) is 39.7 Å². The maximum absolute atomic E-state index is 12.6. The van der Waals surface area contributed by atoms with Crippen LogP contribution >= 0.6 is 0 Å². The predicted molar refractivity (Wildman–Crippen MR) is 107 cm³/mol. The Labute approximate surface area is 164 Å². The summed E-state index contributed by atoms with van der Waals surface area (Å²) in [4.78, 5) is 16.7. The second-order valence-electron chi connectivity index (χ2n) is 6.64. The lowest BCUT2D eigenvalue weighted by Gasteiger charge is -2.18. The third-order valence-corrected chi connectivity index (χ3v) is 4.40. The number of benzene rings is 1. The number of aromatic nitrogens is 4. The van der Waals surface area contributed by atoms with Crippen molar-refractivity contribution in [2.45, 2.75) is 32.9 Å². The molecule has 2 N–H and O–H groups in total. The first kappa shape index (κ1) is 19.3. The molecule has 0 fully saturated rings. The molecule has 0 spiro atoms. The van der Waals surface area contributed by atoms with Gasteiger partial charge in [-0.3, -0.25) is 4.98 Å². The molecule has 0 saturated carbocycles. The van der Waals surface area contributed by atoms with Gasteiger partial charge < -0.3 is 19.9 Å². The molecule has 8 nitrogen and oxygen atoms in total. The molecule has 2 aromatic heterocycles. The van der Waals surface area contributed by atoms with Crippen molar-refractivity contribution < 1.29 is 9.53 Å². The first-order chi connectivity index (χ1) is 13.5. The fraction of sp³-hybridized carbons (Fsp3) is 0.300. The van der Waals surface area contributed by atoms with Gasteiger partial charge in [0.1, 0.15) is 12.1 Å². The standard InChI is InChI=1S/C20H24N6O2/c1-13(2)26-12-22-25-19(26)16-7-5-6-8-17(16)24-20(27)23-14(3)15-9-10-21-11-18(15)28-4/h5-14H,1-4H3,(H2,23,24,27)/t14-/m1/s1. The largest absolute Gasteiger partial charge is 0.495 e. The van der Waals surface area contributed by atoms with Crippen LogP contribution in [0.4, 0.5) is 10.5 Å². The number of methoxy groups -OCH3 is 1. The fourth-order valence-corrected chi connectivity index (χ4v) is 2.95. The van der Waals surface area contributed by atoms with E-state index in [9.17, 15) is 4.79 Å². The average Bonchev–Trinajstić information content (AvgIpc) is 3.18. The van der Waals surface area contributed by atoms with E-state index in [0.29, 0.717) is 17.3 Å². The van der Waals surface area contributed by atoms with Crippen LogP contribution < -0.4 is 15.4 Å². The highest BCUT2D eigenvalue weighted by Crippen LogP contribution is 2.28. The third-order valence-electron chi connectivity index (χ3n) is 4.40. The Bertz CT molecular complexity index is 953. The molecular weight excluding hydrogens is 356 g/mol. The summed E-state index contributed by atoms with van der Waals surface area (Å²) in [6.45, 7) is 6.00. The molecule has 1 atom stereocenters. The Morgan fingerprint density at radius 3 is 2.71 bits per heavy atom. The molecule has 28 heavy (non-hydrogen) atoms. The van der Waals surface area contributed by atoms with Crippen LogP contribution in [0.15, 0.2) is 49.1 Å². The van der Waals surface area contributed by atoms with Crippen LogP contribution in [-0.4, -0.2) is 32.9 Å². The van der Waals surface area contributed by atoms with Crippen LogP contribution in [0.2, 0.25) is 0 Å². The van der Waals surface area contributed by atoms with Crippen molar-refractivity contribution in [2.75, 3.05) is 12.4 Å². The molecule has 1 aromatic carbocycles. The number of ether oxygens (including phenoxy) is 1. The van der Waals surface area contributed by atoms with Crippen molar-refractivity contribution in [2.24, 2.45) is 0 Å². The Hall–Kier alpha value is -3.42. The first-order valence-electron chi connectivity index (χ1n) is 9.05. The molecule has 0 aliphatic rings. The third kappa shape index (κ3) is 4.11. The van der Waals surface area contributed by atoms with Gasteiger partial charge in [-0.05, 0) is 39.0 Å². The fourth-order valence-electron chi connectivity index (χ4n) is 2.95. The Morgan fingerprint density at radius 2 is 1.96 bits per heavy atom. The van der Waals surface area contributed by atoms with Gasteiger partial charge in [0.25, 0.3) is 0 Å². The van der Waals surface area contributed by atoms with Crippen molar-refractivity contribution in [3.63, 3.8) is 0 Å². The van der Waals surface area contributed by atoms with Crippen molar-refractivity contribution in [3.8, 4) is 17.1 Å². The smallest absolute Gasteiger partial charge is 0.319 e. The highest BCUT2D eigenvalue weighted by molar-refractivity contribution is 5.93. The molecule has 8 heteroatoms. The maximum atomic E-state index is 12.6. The molecule has 0 aliphatic carbocycles. The molecule has 2 amide bonds. The van der Waals surface area contributed by atoms with Crippen LogP contribution in [0.5, 0.6) is 5.75 Å². The average molecular weight is 380 g/mol. The zero-order valence-corrected chi connectivity index (χ0v) is 16.4. The lowest BCUT2D eigenvalue weighted by Crippen LogP contribution is -2.31. The minimum Gasteiger partial charge on any atom is -0.495 e. The van der Waals surface area contributed by atoms with Crippen LogP contribution in [0.25, 0.3) is 11.4 Å². The molecule has 0 unspecified atom stereocenters. The number of urea groups is 1. The second kappa shape index (κ2) is 8.51. The molecule has 3 rings (SSSR count). The summed E-state index contributed by atoms with van der Waals surface area (Å²) < 4.78 is 7.28. The molecule has 0 radical (unpaired) electrons. The number of nitrogens with zero attached hydrogens (tertiary/aromatic N) is 4. The molecule has 0 saturated heterocycles. The number of para-hydroxylation sites is 1. The van der Waals surface area contributed by atoms with Crippen LogP contribution in [0.1, 0.15) is 38.4 Å². The van der Waals surface area contributed by atoms with Gasteiger partial charge in [-0.1, -0.05) is 12.1 Å². The molecular formula is C20H24N6O2. The van der Waals surface area contributed by atoms with Gasteiger partial charge >= 0.3 is 6.03 Å². The van der Waals surface area contributed by atoms with Gasteiger partial charge in [0.2, 0.25) is 0 Å². The van der Waals surface area contributed by atoms with Crippen molar-refractivity contribution in [3.05, 3.63) is 54.6 Å². The molecule has 2 heterocycles. The summed E-state index contributed by atoms with van der Waals surface area (Å²) in [5.41, 5.74) is 2.31. The number of pyridine rings is 1.